The van der Waals surface area contributed by atoms with E-state index in [4.69, 9.17) is 4.74 Å². The van der Waals surface area contributed by atoms with Gasteiger partial charge in [-0.2, -0.15) is 0 Å². The minimum Gasteiger partial charge on any atom is -0.489 e. The molecule has 0 heterocycles. The fraction of sp³-hybridized carbons (Fsp3) is 0.345. The maximum atomic E-state index is 11.9. The monoisotopic (exact) mass is 571 g/mol. The maximum absolute atomic E-state index is 11.9. The molecule has 0 aliphatic rings. The van der Waals surface area contributed by atoms with E-state index in [0.29, 0.717) is 18.7 Å². The maximum Gasteiger partial charge on any atom is 0.335 e. The second kappa shape index (κ2) is 12.4. The Morgan fingerprint density at radius 2 is 1.56 bits per heavy atom. The summed E-state index contributed by atoms with van der Waals surface area (Å²) in [5.74, 6) is -0.180. The molecule has 1 N–H and O–H groups in total. The summed E-state index contributed by atoms with van der Waals surface area (Å²) in [6, 6.07) is 24.5. The predicted octanol–water partition coefficient (Wildman–Crippen LogP) is 7.21. The third kappa shape index (κ3) is 6.83. The summed E-state index contributed by atoms with van der Waals surface area (Å²) >= 11 is 2.38. The van der Waals surface area contributed by atoms with Gasteiger partial charge in [-0.05, 0) is 98.6 Å². The van der Waals surface area contributed by atoms with Crippen LogP contribution in [-0.4, -0.2) is 34.6 Å². The molecule has 1 atom stereocenters. The number of carboxylic acid groups (broad SMARTS) is 1. The lowest BCUT2D eigenvalue weighted by atomic mass is 9.86. The Hall–Kier alpha value is -2.38. The lowest BCUT2D eigenvalue weighted by Gasteiger charge is -2.32. The third-order valence-corrected chi connectivity index (χ3v) is 7.13. The van der Waals surface area contributed by atoms with E-state index >= 15 is 0 Å². The van der Waals surface area contributed by atoms with Gasteiger partial charge in [0.2, 0.25) is 0 Å². The van der Waals surface area contributed by atoms with Crippen molar-refractivity contribution < 1.29 is 14.6 Å². The van der Waals surface area contributed by atoms with Crippen LogP contribution in [0.3, 0.4) is 0 Å². The fourth-order valence-electron chi connectivity index (χ4n) is 4.45. The molecular formula is C29H34INO3. The van der Waals surface area contributed by atoms with Gasteiger partial charge < -0.3 is 9.84 Å². The summed E-state index contributed by atoms with van der Waals surface area (Å²) in [6.45, 7) is 10.2. The van der Waals surface area contributed by atoms with Crippen LogP contribution in [0, 0.1) is 3.57 Å². The SMILES string of the molecule is CC(C)N(CCC(c1ccccc1I)c1cc(C(=O)O)ccc1OCc1ccccc1)C(C)C. The summed E-state index contributed by atoms with van der Waals surface area (Å²) in [5.41, 5.74) is 3.48. The first-order valence-corrected chi connectivity index (χ1v) is 12.9. The van der Waals surface area contributed by atoms with Crippen molar-refractivity contribution >= 4 is 28.6 Å². The van der Waals surface area contributed by atoms with Crippen LogP contribution < -0.4 is 4.74 Å². The van der Waals surface area contributed by atoms with Gasteiger partial charge in [0.05, 0.1) is 5.56 Å². The molecule has 0 fully saturated rings. The highest BCUT2D eigenvalue weighted by atomic mass is 127. The number of hydrogen-bond donors (Lipinski definition) is 1. The third-order valence-electron chi connectivity index (χ3n) is 6.15. The summed E-state index contributed by atoms with van der Waals surface area (Å²) in [5, 5.41) is 9.73. The number of ether oxygens (including phenoxy) is 1. The largest absolute Gasteiger partial charge is 0.489 e. The zero-order valence-electron chi connectivity index (χ0n) is 20.4. The number of rotatable bonds is 11. The van der Waals surface area contributed by atoms with Gasteiger partial charge in [0.15, 0.2) is 0 Å². The molecule has 5 heteroatoms. The predicted molar refractivity (Wildman–Crippen MR) is 147 cm³/mol. The van der Waals surface area contributed by atoms with Gasteiger partial charge in [-0.25, -0.2) is 4.79 Å². The Balaban J connectivity index is 2.04. The Morgan fingerprint density at radius 3 is 2.18 bits per heavy atom. The topological polar surface area (TPSA) is 49.8 Å². The second-order valence-corrected chi connectivity index (χ2v) is 10.3. The normalized spacial score (nSPS) is 12.4. The van der Waals surface area contributed by atoms with Gasteiger partial charge >= 0.3 is 5.97 Å². The highest BCUT2D eigenvalue weighted by Crippen LogP contribution is 2.38. The quantitative estimate of drug-likeness (QED) is 0.247. The molecule has 0 spiro atoms. The van der Waals surface area contributed by atoms with Gasteiger partial charge in [-0.1, -0.05) is 48.5 Å². The second-order valence-electron chi connectivity index (χ2n) is 9.12. The van der Waals surface area contributed by atoms with Crippen LogP contribution in [0.1, 0.15) is 67.1 Å². The summed E-state index contributed by atoms with van der Waals surface area (Å²) in [6.07, 6.45) is 0.862. The van der Waals surface area contributed by atoms with E-state index in [9.17, 15) is 9.90 Å². The Morgan fingerprint density at radius 1 is 0.912 bits per heavy atom. The Labute approximate surface area is 217 Å². The molecular weight excluding hydrogens is 537 g/mol. The molecule has 4 nitrogen and oxygen atoms in total. The van der Waals surface area contributed by atoms with Gasteiger partial charge in [0, 0.05) is 27.1 Å². The van der Waals surface area contributed by atoms with Crippen LogP contribution in [0.15, 0.2) is 72.8 Å². The van der Waals surface area contributed by atoms with Crippen LogP contribution in [0.5, 0.6) is 5.75 Å². The van der Waals surface area contributed by atoms with Crippen molar-refractivity contribution in [1.82, 2.24) is 4.90 Å². The zero-order valence-corrected chi connectivity index (χ0v) is 22.5. The van der Waals surface area contributed by atoms with Crippen molar-refractivity contribution in [3.63, 3.8) is 0 Å². The van der Waals surface area contributed by atoms with Crippen molar-refractivity contribution in [3.8, 4) is 5.75 Å². The summed E-state index contributed by atoms with van der Waals surface area (Å²) in [4.78, 5) is 14.3. The van der Waals surface area contributed by atoms with E-state index in [2.05, 4.69) is 73.4 Å². The molecule has 3 aromatic carbocycles. The van der Waals surface area contributed by atoms with E-state index in [0.717, 1.165) is 29.8 Å². The molecule has 0 aromatic heterocycles. The van der Waals surface area contributed by atoms with Crippen LogP contribution >= 0.6 is 22.6 Å². The number of hydrogen-bond acceptors (Lipinski definition) is 3. The van der Waals surface area contributed by atoms with Crippen LogP contribution in [0.4, 0.5) is 0 Å². The zero-order chi connectivity index (χ0) is 24.7. The van der Waals surface area contributed by atoms with Crippen molar-refractivity contribution in [2.24, 2.45) is 0 Å². The van der Waals surface area contributed by atoms with Crippen LogP contribution in [0.25, 0.3) is 0 Å². The smallest absolute Gasteiger partial charge is 0.335 e. The van der Waals surface area contributed by atoms with Gasteiger partial charge in [0.25, 0.3) is 0 Å². The molecule has 34 heavy (non-hydrogen) atoms. The molecule has 0 bridgehead atoms. The van der Waals surface area contributed by atoms with Crippen molar-refractivity contribution in [1.29, 1.82) is 0 Å². The average Bonchev–Trinajstić information content (AvgIpc) is 2.81. The number of benzene rings is 3. The number of carboxylic acids is 1. The molecule has 180 valence electrons. The minimum atomic E-state index is -0.927. The first kappa shape index (κ1) is 26.2. The molecule has 0 amide bonds. The molecule has 0 radical (unpaired) electrons. The van der Waals surface area contributed by atoms with E-state index in [1.165, 1.54) is 9.13 Å². The number of aromatic carboxylic acids is 1. The van der Waals surface area contributed by atoms with E-state index < -0.39 is 5.97 Å². The Bertz CT molecular complexity index is 1070. The van der Waals surface area contributed by atoms with Gasteiger partial charge in [0.1, 0.15) is 12.4 Å². The van der Waals surface area contributed by atoms with E-state index in [1.54, 1.807) is 12.1 Å². The Kier molecular flexibility index (Phi) is 9.54. The molecule has 1 unspecified atom stereocenters. The van der Waals surface area contributed by atoms with Crippen molar-refractivity contribution in [2.45, 2.75) is 58.7 Å². The molecule has 0 saturated carbocycles. The molecule has 3 aromatic rings. The number of carbonyl (C=O) groups is 1. The lowest BCUT2D eigenvalue weighted by molar-refractivity contribution is 0.0696. The van der Waals surface area contributed by atoms with Crippen LogP contribution in [-0.2, 0) is 6.61 Å². The van der Waals surface area contributed by atoms with E-state index in [1.807, 2.05) is 42.5 Å². The lowest BCUT2D eigenvalue weighted by Crippen LogP contribution is -2.38. The fourth-order valence-corrected chi connectivity index (χ4v) is 5.21. The first-order valence-electron chi connectivity index (χ1n) is 11.8. The van der Waals surface area contributed by atoms with Crippen molar-refractivity contribution in [3.05, 3.63) is 98.6 Å². The highest BCUT2D eigenvalue weighted by Gasteiger charge is 2.24. The van der Waals surface area contributed by atoms with Gasteiger partial charge in [-0.3, -0.25) is 4.90 Å². The van der Waals surface area contributed by atoms with Crippen LogP contribution in [0.2, 0.25) is 0 Å². The first-order chi connectivity index (χ1) is 16.3. The number of nitrogens with zero attached hydrogens (tertiary/aromatic N) is 1. The summed E-state index contributed by atoms with van der Waals surface area (Å²) in [7, 11) is 0. The van der Waals surface area contributed by atoms with E-state index in [-0.39, 0.29) is 11.5 Å². The molecule has 0 aliphatic heterocycles. The standard InChI is InChI=1S/C29H34INO3/c1-20(2)31(21(3)4)17-16-24(25-12-8-9-13-27(25)30)26-18-23(29(32)33)14-15-28(26)34-19-22-10-6-5-7-11-22/h5-15,18,20-21,24H,16-17,19H2,1-4H3,(H,32,33). The molecule has 0 saturated heterocycles. The summed E-state index contributed by atoms with van der Waals surface area (Å²) < 4.78 is 7.46. The molecule has 0 aliphatic carbocycles. The van der Waals surface area contributed by atoms with Gasteiger partial charge in [-0.15, -0.1) is 0 Å². The van der Waals surface area contributed by atoms with Crippen molar-refractivity contribution in [2.75, 3.05) is 6.54 Å². The number of halogens is 1. The minimum absolute atomic E-state index is 0.0122. The highest BCUT2D eigenvalue weighted by molar-refractivity contribution is 14.1. The molecule has 3 rings (SSSR count). The average molecular weight is 571 g/mol.